The summed E-state index contributed by atoms with van der Waals surface area (Å²) < 4.78 is 5.65. The van der Waals surface area contributed by atoms with Crippen LogP contribution in [0.15, 0.2) is 4.42 Å². The normalized spacial score (nSPS) is 20.7. The van der Waals surface area contributed by atoms with Crippen molar-refractivity contribution in [1.82, 2.24) is 15.2 Å². The summed E-state index contributed by atoms with van der Waals surface area (Å²) in [6.45, 7) is 4.83. The Morgan fingerprint density at radius 1 is 1.29 bits per heavy atom. The molecule has 1 aliphatic heterocycles. The zero-order chi connectivity index (χ0) is 14.8. The van der Waals surface area contributed by atoms with Crippen molar-refractivity contribution >= 4 is 5.91 Å². The number of hydrogen-bond acceptors (Lipinski definition) is 4. The maximum absolute atomic E-state index is 12.2. The van der Waals surface area contributed by atoms with Crippen molar-refractivity contribution in [3.05, 3.63) is 17.3 Å². The third-order valence-electron chi connectivity index (χ3n) is 4.60. The van der Waals surface area contributed by atoms with E-state index in [9.17, 15) is 4.79 Å². The lowest BCUT2D eigenvalue weighted by atomic mass is 9.97. The first-order valence-electron chi connectivity index (χ1n) is 8.05. The third kappa shape index (κ3) is 3.84. The van der Waals surface area contributed by atoms with Crippen LogP contribution >= 0.6 is 0 Å². The number of oxazole rings is 1. The van der Waals surface area contributed by atoms with Crippen LogP contribution in [0, 0.1) is 18.8 Å². The highest BCUT2D eigenvalue weighted by Gasteiger charge is 2.26. The number of amides is 1. The van der Waals surface area contributed by atoms with Gasteiger partial charge >= 0.3 is 0 Å². The molecule has 2 aliphatic rings. The number of carbonyl (C=O) groups is 1. The molecule has 116 valence electrons. The number of nitrogens with one attached hydrogen (secondary N) is 1. The zero-order valence-electron chi connectivity index (χ0n) is 13.0. The van der Waals surface area contributed by atoms with Gasteiger partial charge in [-0.1, -0.05) is 0 Å². The van der Waals surface area contributed by atoms with E-state index in [1.807, 2.05) is 6.92 Å². The molecule has 0 bridgehead atoms. The Kier molecular flexibility index (Phi) is 4.29. The third-order valence-corrected chi connectivity index (χ3v) is 4.60. The van der Waals surface area contributed by atoms with E-state index in [1.54, 1.807) is 0 Å². The number of piperidine rings is 1. The van der Waals surface area contributed by atoms with Crippen LogP contribution in [-0.2, 0) is 6.42 Å². The van der Waals surface area contributed by atoms with Crippen LogP contribution in [-0.4, -0.2) is 42.5 Å². The predicted molar refractivity (Wildman–Crippen MR) is 80.2 cm³/mol. The second kappa shape index (κ2) is 6.18. The van der Waals surface area contributed by atoms with Gasteiger partial charge in [-0.3, -0.25) is 4.79 Å². The SMILES string of the molecule is Cc1nc(CC2CC2)oc1C(=O)NCC1CCN(C)CC1. The molecule has 1 saturated heterocycles. The van der Waals surface area contributed by atoms with Gasteiger partial charge in [0.15, 0.2) is 5.89 Å². The van der Waals surface area contributed by atoms with E-state index in [4.69, 9.17) is 4.42 Å². The number of aromatic nitrogens is 1. The molecule has 0 unspecified atom stereocenters. The molecule has 21 heavy (non-hydrogen) atoms. The van der Waals surface area contributed by atoms with Gasteiger partial charge in [0.25, 0.3) is 5.91 Å². The van der Waals surface area contributed by atoms with Gasteiger partial charge in [-0.2, -0.15) is 0 Å². The summed E-state index contributed by atoms with van der Waals surface area (Å²) in [6.07, 6.45) is 5.71. The van der Waals surface area contributed by atoms with E-state index in [1.165, 1.54) is 12.8 Å². The Hall–Kier alpha value is -1.36. The molecular weight excluding hydrogens is 266 g/mol. The van der Waals surface area contributed by atoms with Crippen LogP contribution in [0.25, 0.3) is 0 Å². The van der Waals surface area contributed by atoms with Gasteiger partial charge in [-0.05, 0) is 64.6 Å². The zero-order valence-corrected chi connectivity index (χ0v) is 13.0. The maximum Gasteiger partial charge on any atom is 0.289 e. The van der Waals surface area contributed by atoms with Crippen LogP contribution in [0.1, 0.15) is 47.8 Å². The van der Waals surface area contributed by atoms with Crippen molar-refractivity contribution in [3.63, 3.8) is 0 Å². The molecular formula is C16H25N3O2. The number of carbonyl (C=O) groups excluding carboxylic acids is 1. The molecule has 1 aromatic heterocycles. The van der Waals surface area contributed by atoms with Gasteiger partial charge in [-0.25, -0.2) is 4.98 Å². The summed E-state index contributed by atoms with van der Waals surface area (Å²) in [5.74, 6) is 2.32. The highest BCUT2D eigenvalue weighted by atomic mass is 16.4. The molecule has 0 spiro atoms. The average Bonchev–Trinajstić information content (AvgIpc) is 3.19. The quantitative estimate of drug-likeness (QED) is 0.901. The van der Waals surface area contributed by atoms with Gasteiger partial charge < -0.3 is 14.6 Å². The van der Waals surface area contributed by atoms with Crippen LogP contribution < -0.4 is 5.32 Å². The molecule has 1 amide bonds. The smallest absolute Gasteiger partial charge is 0.289 e. The van der Waals surface area contributed by atoms with E-state index in [0.29, 0.717) is 17.4 Å². The molecule has 0 radical (unpaired) electrons. The summed E-state index contributed by atoms with van der Waals surface area (Å²) in [5.41, 5.74) is 0.714. The molecule has 0 aromatic carbocycles. The number of likely N-dealkylation sites (tertiary alicyclic amines) is 1. The first kappa shape index (κ1) is 14.6. The lowest BCUT2D eigenvalue weighted by Crippen LogP contribution is -2.36. The maximum atomic E-state index is 12.2. The Labute approximate surface area is 126 Å². The van der Waals surface area contributed by atoms with E-state index in [2.05, 4.69) is 22.2 Å². The molecule has 2 fully saturated rings. The van der Waals surface area contributed by atoms with E-state index in [0.717, 1.165) is 50.7 Å². The fourth-order valence-electron chi connectivity index (χ4n) is 2.90. The standard InChI is InChI=1S/C16H25N3O2/c1-11-15(21-14(18-11)9-12-3-4-12)16(20)17-10-13-5-7-19(2)8-6-13/h12-13H,3-10H2,1-2H3,(H,17,20). The number of nitrogens with zero attached hydrogens (tertiary/aromatic N) is 2. The van der Waals surface area contributed by atoms with Crippen molar-refractivity contribution in [3.8, 4) is 0 Å². The molecule has 1 aromatic rings. The summed E-state index contributed by atoms with van der Waals surface area (Å²) in [6, 6.07) is 0. The second-order valence-electron chi connectivity index (χ2n) is 6.63. The average molecular weight is 291 g/mol. The van der Waals surface area contributed by atoms with E-state index >= 15 is 0 Å². The minimum atomic E-state index is -0.110. The van der Waals surface area contributed by atoms with E-state index in [-0.39, 0.29) is 5.91 Å². The van der Waals surface area contributed by atoms with Crippen molar-refractivity contribution in [1.29, 1.82) is 0 Å². The highest BCUT2D eigenvalue weighted by Crippen LogP contribution is 2.32. The first-order valence-corrected chi connectivity index (χ1v) is 8.05. The predicted octanol–water partition coefficient (Wildman–Crippen LogP) is 2.01. The Bertz CT molecular complexity index is 500. The minimum Gasteiger partial charge on any atom is -0.435 e. The summed E-state index contributed by atoms with van der Waals surface area (Å²) >= 11 is 0. The van der Waals surface area contributed by atoms with Gasteiger partial charge in [0, 0.05) is 13.0 Å². The summed E-state index contributed by atoms with van der Waals surface area (Å²) in [5, 5.41) is 3.02. The minimum absolute atomic E-state index is 0.110. The van der Waals surface area contributed by atoms with Crippen LogP contribution in [0.2, 0.25) is 0 Å². The number of aryl methyl sites for hydroxylation is 1. The topological polar surface area (TPSA) is 58.4 Å². The molecule has 2 heterocycles. The molecule has 1 saturated carbocycles. The fourth-order valence-corrected chi connectivity index (χ4v) is 2.90. The van der Waals surface area contributed by atoms with Gasteiger partial charge in [0.1, 0.15) is 0 Å². The molecule has 5 nitrogen and oxygen atoms in total. The molecule has 0 atom stereocenters. The molecule has 5 heteroatoms. The Balaban J connectivity index is 1.51. The first-order chi connectivity index (χ1) is 10.1. The van der Waals surface area contributed by atoms with Crippen LogP contribution in [0.4, 0.5) is 0 Å². The Morgan fingerprint density at radius 2 is 2.00 bits per heavy atom. The fraction of sp³-hybridized carbons (Fsp3) is 0.750. The largest absolute Gasteiger partial charge is 0.435 e. The van der Waals surface area contributed by atoms with Crippen molar-refractivity contribution in [2.24, 2.45) is 11.8 Å². The van der Waals surface area contributed by atoms with Crippen LogP contribution in [0.5, 0.6) is 0 Å². The Morgan fingerprint density at radius 3 is 2.67 bits per heavy atom. The lowest BCUT2D eigenvalue weighted by molar-refractivity contribution is 0.0908. The van der Waals surface area contributed by atoms with Crippen molar-refractivity contribution < 1.29 is 9.21 Å². The lowest BCUT2D eigenvalue weighted by Gasteiger charge is -2.28. The van der Waals surface area contributed by atoms with Crippen molar-refractivity contribution in [2.75, 3.05) is 26.7 Å². The second-order valence-corrected chi connectivity index (χ2v) is 6.63. The summed E-state index contributed by atoms with van der Waals surface area (Å²) in [4.78, 5) is 19.0. The number of hydrogen-bond donors (Lipinski definition) is 1. The molecule has 1 aliphatic carbocycles. The summed E-state index contributed by atoms with van der Waals surface area (Å²) in [7, 11) is 2.15. The highest BCUT2D eigenvalue weighted by molar-refractivity contribution is 5.92. The molecule has 3 rings (SSSR count). The van der Waals surface area contributed by atoms with Gasteiger partial charge in [0.05, 0.1) is 5.69 Å². The monoisotopic (exact) mass is 291 g/mol. The van der Waals surface area contributed by atoms with E-state index < -0.39 is 0 Å². The van der Waals surface area contributed by atoms with Gasteiger partial charge in [0.2, 0.25) is 5.76 Å². The number of rotatable bonds is 5. The molecule has 1 N–H and O–H groups in total. The van der Waals surface area contributed by atoms with Crippen LogP contribution in [0.3, 0.4) is 0 Å². The van der Waals surface area contributed by atoms with Crippen molar-refractivity contribution in [2.45, 2.75) is 39.0 Å². The van der Waals surface area contributed by atoms with Gasteiger partial charge in [-0.15, -0.1) is 0 Å².